The Bertz CT molecular complexity index is 210. The van der Waals surface area contributed by atoms with Crippen molar-refractivity contribution in [2.75, 3.05) is 0 Å². The Morgan fingerprint density at radius 3 is 2.83 bits per heavy atom. The van der Waals surface area contributed by atoms with E-state index < -0.39 is 11.9 Å². The molecule has 0 bridgehead atoms. The van der Waals surface area contributed by atoms with E-state index in [1.807, 2.05) is 13.8 Å². The molecule has 3 heteroatoms. The third kappa shape index (κ3) is 1.73. The van der Waals surface area contributed by atoms with E-state index in [0.717, 1.165) is 0 Å². The molecule has 12 heavy (non-hydrogen) atoms. The van der Waals surface area contributed by atoms with Gasteiger partial charge in [0.15, 0.2) is 11.6 Å². The van der Waals surface area contributed by atoms with Crippen molar-refractivity contribution in [2.45, 2.75) is 38.6 Å². The Hall–Kier alpha value is -0.670. The first kappa shape index (κ1) is 9.42. The third-order valence-corrected chi connectivity index (χ3v) is 2.05. The maximum atomic E-state index is 11.1. The van der Waals surface area contributed by atoms with Crippen LogP contribution in [0, 0.1) is 0 Å². The molecule has 0 aromatic heterocycles. The molecular weight excluding hydrogens is 156 g/mol. The zero-order valence-electron chi connectivity index (χ0n) is 7.41. The fraction of sp³-hybridized carbons (Fsp3) is 0.667. The van der Waals surface area contributed by atoms with Gasteiger partial charge in [-0.1, -0.05) is 13.8 Å². The topological polar surface area (TPSA) is 46.5 Å². The number of hydrogen-bond donors (Lipinski definition) is 1. The number of rotatable bonds is 2. The average Bonchev–Trinajstić information content (AvgIpc) is 2.10. The Morgan fingerprint density at radius 2 is 2.33 bits per heavy atom. The molecule has 1 heterocycles. The lowest BCUT2D eigenvalue weighted by Crippen LogP contribution is -2.40. The van der Waals surface area contributed by atoms with Crippen LogP contribution in [0.25, 0.3) is 0 Å². The van der Waals surface area contributed by atoms with Crippen molar-refractivity contribution in [1.29, 1.82) is 0 Å². The second-order valence-corrected chi connectivity index (χ2v) is 2.95. The van der Waals surface area contributed by atoms with Crippen LogP contribution in [0.2, 0.25) is 0 Å². The number of hydrogen-bond acceptors (Lipinski definition) is 3. The Morgan fingerprint density at radius 1 is 1.67 bits per heavy atom. The molecule has 1 unspecified atom stereocenters. The van der Waals surface area contributed by atoms with Gasteiger partial charge in [0.2, 0.25) is 0 Å². The summed E-state index contributed by atoms with van der Waals surface area (Å²) in [5, 5.41) is 9.64. The molecule has 68 valence electrons. The van der Waals surface area contributed by atoms with Gasteiger partial charge in [-0.2, -0.15) is 0 Å². The molecule has 0 amide bonds. The molecule has 2 atom stereocenters. The van der Waals surface area contributed by atoms with Crippen molar-refractivity contribution >= 4 is 5.78 Å². The summed E-state index contributed by atoms with van der Waals surface area (Å²) < 4.78 is 5.20. The molecule has 0 aromatic rings. The van der Waals surface area contributed by atoms with Gasteiger partial charge in [0, 0.05) is 6.42 Å². The minimum atomic E-state index is -1.23. The van der Waals surface area contributed by atoms with Gasteiger partial charge >= 0.3 is 0 Å². The van der Waals surface area contributed by atoms with E-state index in [1.165, 1.54) is 12.2 Å². The molecule has 0 saturated heterocycles. The van der Waals surface area contributed by atoms with Crippen molar-refractivity contribution in [3.8, 4) is 0 Å². The van der Waals surface area contributed by atoms with Crippen molar-refractivity contribution in [1.82, 2.24) is 0 Å². The second kappa shape index (κ2) is 3.37. The monoisotopic (exact) mass is 170 g/mol. The van der Waals surface area contributed by atoms with Gasteiger partial charge in [0.1, 0.15) is 6.10 Å². The van der Waals surface area contributed by atoms with E-state index >= 15 is 0 Å². The lowest BCUT2D eigenvalue weighted by Gasteiger charge is -2.30. The molecule has 1 N–H and O–H groups in total. The molecule has 0 aromatic carbocycles. The number of carbonyl (C=O) groups excluding carboxylic acids is 1. The summed E-state index contributed by atoms with van der Waals surface area (Å²) in [6, 6.07) is 0. The zero-order chi connectivity index (χ0) is 9.19. The summed E-state index contributed by atoms with van der Waals surface area (Å²) in [5.74, 6) is -1.29. The van der Waals surface area contributed by atoms with Crippen molar-refractivity contribution in [3.63, 3.8) is 0 Å². The highest BCUT2D eigenvalue weighted by Crippen LogP contribution is 2.22. The van der Waals surface area contributed by atoms with E-state index in [0.29, 0.717) is 12.8 Å². The first-order chi connectivity index (χ1) is 5.61. The van der Waals surface area contributed by atoms with Crippen LogP contribution in [0.4, 0.5) is 0 Å². The number of ketones is 1. The standard InChI is InChI=1S/C9H14O3/c1-3-8-7(10)5-6-9(11,4-2)12-8/h5-6,8,11H,3-4H2,1-2H3/t8-,9?/m0/s1. The maximum absolute atomic E-state index is 11.1. The first-order valence-corrected chi connectivity index (χ1v) is 4.24. The quantitative estimate of drug-likeness (QED) is 0.673. The zero-order valence-corrected chi connectivity index (χ0v) is 7.41. The highest BCUT2D eigenvalue weighted by molar-refractivity contribution is 5.94. The number of ether oxygens (including phenoxy) is 1. The third-order valence-electron chi connectivity index (χ3n) is 2.05. The van der Waals surface area contributed by atoms with E-state index in [-0.39, 0.29) is 5.78 Å². The summed E-state index contributed by atoms with van der Waals surface area (Å²) in [4.78, 5) is 11.1. The highest BCUT2D eigenvalue weighted by atomic mass is 16.6. The Kier molecular flexibility index (Phi) is 2.65. The van der Waals surface area contributed by atoms with Crippen molar-refractivity contribution in [2.24, 2.45) is 0 Å². The molecule has 0 fully saturated rings. The van der Waals surface area contributed by atoms with Gasteiger partial charge in [-0.05, 0) is 18.6 Å². The van der Waals surface area contributed by atoms with E-state index in [9.17, 15) is 9.90 Å². The second-order valence-electron chi connectivity index (χ2n) is 2.95. The van der Waals surface area contributed by atoms with Gasteiger partial charge in [-0.25, -0.2) is 0 Å². The maximum Gasteiger partial charge on any atom is 0.186 e. The molecule has 3 nitrogen and oxygen atoms in total. The molecular formula is C9H14O3. The molecule has 1 rings (SSSR count). The number of carbonyl (C=O) groups is 1. The van der Waals surface area contributed by atoms with Crippen LogP contribution >= 0.6 is 0 Å². The average molecular weight is 170 g/mol. The van der Waals surface area contributed by atoms with E-state index in [1.54, 1.807) is 0 Å². The normalized spacial score (nSPS) is 35.6. The lowest BCUT2D eigenvalue weighted by molar-refractivity contribution is -0.203. The summed E-state index contributed by atoms with van der Waals surface area (Å²) >= 11 is 0. The van der Waals surface area contributed by atoms with Crippen LogP contribution in [0.15, 0.2) is 12.2 Å². The van der Waals surface area contributed by atoms with E-state index in [4.69, 9.17) is 4.74 Å². The summed E-state index contributed by atoms with van der Waals surface area (Å²) in [5.41, 5.74) is 0. The summed E-state index contributed by atoms with van der Waals surface area (Å²) in [6.45, 7) is 3.67. The van der Waals surface area contributed by atoms with Crippen LogP contribution in [0.5, 0.6) is 0 Å². The molecule has 1 aliphatic rings. The smallest absolute Gasteiger partial charge is 0.186 e. The fourth-order valence-corrected chi connectivity index (χ4v) is 1.15. The van der Waals surface area contributed by atoms with E-state index in [2.05, 4.69) is 0 Å². The minimum absolute atomic E-state index is 0.0596. The Balaban J connectivity index is 2.77. The largest absolute Gasteiger partial charge is 0.362 e. The SMILES string of the molecule is CC[C@@H]1OC(O)(CC)C=CC1=O. The molecule has 1 aliphatic heterocycles. The van der Waals surface area contributed by atoms with Crippen LogP contribution in [-0.4, -0.2) is 22.8 Å². The predicted molar refractivity (Wildman–Crippen MR) is 44.6 cm³/mol. The summed E-state index contributed by atoms with van der Waals surface area (Å²) in [6.07, 6.45) is 3.42. The molecule has 0 radical (unpaired) electrons. The van der Waals surface area contributed by atoms with Gasteiger partial charge in [0.25, 0.3) is 0 Å². The Labute approximate surface area is 72.0 Å². The van der Waals surface area contributed by atoms with Crippen molar-refractivity contribution in [3.05, 3.63) is 12.2 Å². The fourth-order valence-electron chi connectivity index (χ4n) is 1.15. The van der Waals surface area contributed by atoms with Gasteiger partial charge in [0.05, 0.1) is 0 Å². The van der Waals surface area contributed by atoms with Gasteiger partial charge in [-0.3, -0.25) is 4.79 Å². The lowest BCUT2D eigenvalue weighted by atomic mass is 10.0. The highest BCUT2D eigenvalue weighted by Gasteiger charge is 2.32. The van der Waals surface area contributed by atoms with Crippen LogP contribution < -0.4 is 0 Å². The minimum Gasteiger partial charge on any atom is -0.362 e. The van der Waals surface area contributed by atoms with Crippen LogP contribution in [-0.2, 0) is 9.53 Å². The number of aliphatic hydroxyl groups is 1. The molecule has 0 saturated carbocycles. The van der Waals surface area contributed by atoms with Crippen LogP contribution in [0.3, 0.4) is 0 Å². The van der Waals surface area contributed by atoms with Gasteiger partial charge in [-0.15, -0.1) is 0 Å². The summed E-state index contributed by atoms with van der Waals surface area (Å²) in [7, 11) is 0. The predicted octanol–water partition coefficient (Wildman–Crippen LogP) is 1.02. The molecule has 0 spiro atoms. The van der Waals surface area contributed by atoms with Crippen molar-refractivity contribution < 1.29 is 14.6 Å². The van der Waals surface area contributed by atoms with Gasteiger partial charge < -0.3 is 9.84 Å². The first-order valence-electron chi connectivity index (χ1n) is 4.24. The van der Waals surface area contributed by atoms with Crippen LogP contribution in [0.1, 0.15) is 26.7 Å². The molecule has 0 aliphatic carbocycles.